The fourth-order valence-corrected chi connectivity index (χ4v) is 2.97. The van der Waals surface area contributed by atoms with Gasteiger partial charge in [-0.3, -0.25) is 15.0 Å². The van der Waals surface area contributed by atoms with Crippen LogP contribution in [0.15, 0.2) is 42.0 Å². The summed E-state index contributed by atoms with van der Waals surface area (Å²) in [6.07, 6.45) is 2.56. The van der Waals surface area contributed by atoms with Gasteiger partial charge in [-0.1, -0.05) is 13.0 Å². The van der Waals surface area contributed by atoms with Gasteiger partial charge in [-0.25, -0.2) is 5.01 Å². The standard InChI is InChI=1S/C22H24N2O4/c1-5-12-28-20-11-6-16(14(2)15(20)3)13-19-21(25)23-24(22(19)26)17-7-9-18(27-4)10-8-17/h6-11,13H,5,12H2,1-4H3,(H,23,25)/b19-13-. The molecule has 1 N–H and O–H groups in total. The van der Waals surface area contributed by atoms with Crippen molar-refractivity contribution in [3.8, 4) is 11.5 Å². The van der Waals surface area contributed by atoms with E-state index in [1.807, 2.05) is 26.0 Å². The number of hydrogen-bond donors (Lipinski definition) is 1. The van der Waals surface area contributed by atoms with E-state index in [9.17, 15) is 9.59 Å². The number of rotatable bonds is 6. The first kappa shape index (κ1) is 19.5. The van der Waals surface area contributed by atoms with E-state index in [0.717, 1.165) is 28.9 Å². The number of carbonyl (C=O) groups excluding carboxylic acids is 2. The number of amides is 2. The van der Waals surface area contributed by atoms with Crippen LogP contribution in [0.4, 0.5) is 5.69 Å². The first-order valence-electron chi connectivity index (χ1n) is 9.20. The maximum Gasteiger partial charge on any atom is 0.282 e. The van der Waals surface area contributed by atoms with Crippen molar-refractivity contribution < 1.29 is 19.1 Å². The van der Waals surface area contributed by atoms with Crippen molar-refractivity contribution in [2.24, 2.45) is 0 Å². The molecule has 6 heteroatoms. The van der Waals surface area contributed by atoms with Gasteiger partial charge in [0.1, 0.15) is 17.1 Å². The fraction of sp³-hybridized carbons (Fsp3) is 0.273. The Morgan fingerprint density at radius 2 is 1.75 bits per heavy atom. The number of anilines is 1. The van der Waals surface area contributed by atoms with Crippen LogP contribution in [0.1, 0.15) is 30.0 Å². The van der Waals surface area contributed by atoms with Crippen LogP contribution >= 0.6 is 0 Å². The Hall–Kier alpha value is -3.28. The minimum atomic E-state index is -0.427. The number of methoxy groups -OCH3 is 1. The molecular weight excluding hydrogens is 356 g/mol. The SMILES string of the molecule is CCCOc1ccc(/C=C2/C(=O)NN(c3ccc(OC)cc3)C2=O)c(C)c1C. The highest BCUT2D eigenvalue weighted by Gasteiger charge is 2.34. The number of hydrogen-bond acceptors (Lipinski definition) is 4. The third kappa shape index (κ3) is 3.71. The highest BCUT2D eigenvalue weighted by Crippen LogP contribution is 2.28. The van der Waals surface area contributed by atoms with Crippen LogP contribution in [0.3, 0.4) is 0 Å². The maximum absolute atomic E-state index is 12.8. The van der Waals surface area contributed by atoms with Crippen LogP contribution in [0.25, 0.3) is 6.08 Å². The molecule has 146 valence electrons. The van der Waals surface area contributed by atoms with Gasteiger partial charge in [-0.05, 0) is 73.4 Å². The van der Waals surface area contributed by atoms with E-state index in [1.165, 1.54) is 5.01 Å². The van der Waals surface area contributed by atoms with Crippen molar-refractivity contribution >= 4 is 23.6 Å². The van der Waals surface area contributed by atoms with Gasteiger partial charge in [0.05, 0.1) is 19.4 Å². The van der Waals surface area contributed by atoms with Gasteiger partial charge in [0.15, 0.2) is 0 Å². The van der Waals surface area contributed by atoms with Crippen molar-refractivity contribution in [3.05, 3.63) is 58.7 Å². The summed E-state index contributed by atoms with van der Waals surface area (Å²) in [6.45, 7) is 6.64. The lowest BCUT2D eigenvalue weighted by molar-refractivity contribution is -0.117. The topological polar surface area (TPSA) is 67.9 Å². The number of hydrazine groups is 1. The van der Waals surface area contributed by atoms with E-state index >= 15 is 0 Å². The summed E-state index contributed by atoms with van der Waals surface area (Å²) in [5.74, 6) is 0.681. The molecule has 0 aliphatic carbocycles. The molecule has 0 bridgehead atoms. The van der Waals surface area contributed by atoms with Gasteiger partial charge in [-0.15, -0.1) is 0 Å². The third-order valence-electron chi connectivity index (χ3n) is 4.76. The lowest BCUT2D eigenvalue weighted by Crippen LogP contribution is -2.35. The van der Waals surface area contributed by atoms with Crippen LogP contribution in [0.5, 0.6) is 11.5 Å². The highest BCUT2D eigenvalue weighted by atomic mass is 16.5. The molecule has 28 heavy (non-hydrogen) atoms. The molecule has 3 rings (SSSR count). The van der Waals surface area contributed by atoms with Crippen molar-refractivity contribution in [2.75, 3.05) is 18.7 Å². The van der Waals surface area contributed by atoms with Crippen LogP contribution in [0.2, 0.25) is 0 Å². The lowest BCUT2D eigenvalue weighted by Gasteiger charge is -2.15. The fourth-order valence-electron chi connectivity index (χ4n) is 2.97. The molecular formula is C22H24N2O4. The predicted molar refractivity (Wildman–Crippen MR) is 108 cm³/mol. The molecule has 1 saturated heterocycles. The van der Waals surface area contributed by atoms with Crippen molar-refractivity contribution in [1.29, 1.82) is 0 Å². The third-order valence-corrected chi connectivity index (χ3v) is 4.76. The van der Waals surface area contributed by atoms with Gasteiger partial charge in [-0.2, -0.15) is 0 Å². The number of benzene rings is 2. The summed E-state index contributed by atoms with van der Waals surface area (Å²) >= 11 is 0. The average molecular weight is 380 g/mol. The predicted octanol–water partition coefficient (Wildman–Crippen LogP) is 3.56. The molecule has 2 amide bonds. The number of nitrogens with zero attached hydrogens (tertiary/aromatic N) is 1. The molecule has 1 fully saturated rings. The number of carbonyl (C=O) groups is 2. The first-order valence-corrected chi connectivity index (χ1v) is 9.20. The molecule has 0 aromatic heterocycles. The first-order chi connectivity index (χ1) is 13.5. The molecule has 0 atom stereocenters. The van der Waals surface area contributed by atoms with Gasteiger partial charge in [0.2, 0.25) is 0 Å². The quantitative estimate of drug-likeness (QED) is 0.615. The summed E-state index contributed by atoms with van der Waals surface area (Å²) in [4.78, 5) is 25.2. The summed E-state index contributed by atoms with van der Waals surface area (Å²) in [7, 11) is 1.57. The van der Waals surface area contributed by atoms with Gasteiger partial charge >= 0.3 is 0 Å². The largest absolute Gasteiger partial charge is 0.497 e. The Kier molecular flexibility index (Phi) is 5.68. The summed E-state index contributed by atoms with van der Waals surface area (Å²) in [5, 5.41) is 1.24. The molecule has 0 saturated carbocycles. The lowest BCUT2D eigenvalue weighted by atomic mass is 10.00. The van der Waals surface area contributed by atoms with E-state index < -0.39 is 11.8 Å². The number of ether oxygens (including phenoxy) is 2. The Balaban J connectivity index is 1.89. The second-order valence-electron chi connectivity index (χ2n) is 6.59. The Morgan fingerprint density at radius 3 is 2.39 bits per heavy atom. The highest BCUT2D eigenvalue weighted by molar-refractivity contribution is 6.31. The average Bonchev–Trinajstić information content (AvgIpc) is 2.99. The van der Waals surface area contributed by atoms with E-state index in [0.29, 0.717) is 18.0 Å². The molecule has 0 radical (unpaired) electrons. The van der Waals surface area contributed by atoms with Crippen molar-refractivity contribution in [1.82, 2.24) is 5.43 Å². The van der Waals surface area contributed by atoms with Crippen LogP contribution in [-0.4, -0.2) is 25.5 Å². The Labute approximate surface area is 164 Å². The van der Waals surface area contributed by atoms with E-state index in [2.05, 4.69) is 12.3 Å². The molecule has 1 heterocycles. The molecule has 1 aliphatic heterocycles. The molecule has 0 spiro atoms. The zero-order valence-corrected chi connectivity index (χ0v) is 16.5. The van der Waals surface area contributed by atoms with Crippen LogP contribution in [0, 0.1) is 13.8 Å². The maximum atomic E-state index is 12.8. The second-order valence-corrected chi connectivity index (χ2v) is 6.59. The van der Waals surface area contributed by atoms with Crippen LogP contribution < -0.4 is 19.9 Å². The van der Waals surface area contributed by atoms with Crippen molar-refractivity contribution in [2.45, 2.75) is 27.2 Å². The smallest absolute Gasteiger partial charge is 0.282 e. The summed E-state index contributed by atoms with van der Waals surface area (Å²) < 4.78 is 10.9. The summed E-state index contributed by atoms with van der Waals surface area (Å²) in [6, 6.07) is 10.7. The van der Waals surface area contributed by atoms with Gasteiger partial charge < -0.3 is 9.47 Å². The Bertz CT molecular complexity index is 932. The molecule has 6 nitrogen and oxygen atoms in total. The minimum absolute atomic E-state index is 0.0977. The zero-order chi connectivity index (χ0) is 20.3. The summed E-state index contributed by atoms with van der Waals surface area (Å²) in [5.41, 5.74) is 6.07. The number of nitrogens with one attached hydrogen (secondary N) is 1. The normalized spacial score (nSPS) is 15.1. The van der Waals surface area contributed by atoms with E-state index in [1.54, 1.807) is 37.5 Å². The monoisotopic (exact) mass is 380 g/mol. The van der Waals surface area contributed by atoms with Gasteiger partial charge in [0.25, 0.3) is 11.8 Å². The second kappa shape index (κ2) is 8.17. The molecule has 2 aromatic rings. The van der Waals surface area contributed by atoms with E-state index in [-0.39, 0.29) is 5.57 Å². The minimum Gasteiger partial charge on any atom is -0.497 e. The molecule has 1 aliphatic rings. The molecule has 0 unspecified atom stereocenters. The van der Waals surface area contributed by atoms with Crippen molar-refractivity contribution in [3.63, 3.8) is 0 Å². The van der Waals surface area contributed by atoms with Crippen LogP contribution in [-0.2, 0) is 9.59 Å². The molecule has 2 aromatic carbocycles. The van der Waals surface area contributed by atoms with E-state index in [4.69, 9.17) is 9.47 Å². The Morgan fingerprint density at radius 1 is 1.04 bits per heavy atom. The zero-order valence-electron chi connectivity index (χ0n) is 16.5. The van der Waals surface area contributed by atoms with Gasteiger partial charge in [0, 0.05) is 0 Å².